The topological polar surface area (TPSA) is 43.1 Å². The average Bonchev–Trinajstić information content (AvgIpc) is 2.26. The molecule has 1 aromatic rings. The fraction of sp³-hybridized carbons (Fsp3) is 0.455. The summed E-state index contributed by atoms with van der Waals surface area (Å²) in [6.07, 6.45) is 1.02. The van der Waals surface area contributed by atoms with E-state index in [-0.39, 0.29) is 10.6 Å². The standard InChI is InChI=1S/C11H13Br2NO2/c1-3-10(12)7(2)9-5-4-8(14(15)16)6-11(9)13/h4-7,10H,3H2,1-2H3. The van der Waals surface area contributed by atoms with Crippen LogP contribution in [0.25, 0.3) is 0 Å². The van der Waals surface area contributed by atoms with Gasteiger partial charge in [-0.05, 0) is 17.9 Å². The Morgan fingerprint density at radius 3 is 2.56 bits per heavy atom. The summed E-state index contributed by atoms with van der Waals surface area (Å²) < 4.78 is 0.798. The van der Waals surface area contributed by atoms with Crippen molar-refractivity contribution < 1.29 is 4.92 Å². The highest BCUT2D eigenvalue weighted by atomic mass is 79.9. The van der Waals surface area contributed by atoms with Gasteiger partial charge in [-0.3, -0.25) is 10.1 Å². The lowest BCUT2D eigenvalue weighted by Gasteiger charge is -2.18. The molecule has 0 N–H and O–H groups in total. The lowest BCUT2D eigenvalue weighted by molar-refractivity contribution is -0.384. The fourth-order valence-corrected chi connectivity index (χ4v) is 2.56. The summed E-state index contributed by atoms with van der Waals surface area (Å²) in [4.78, 5) is 10.6. The number of nitro groups is 1. The summed E-state index contributed by atoms with van der Waals surface area (Å²) in [6, 6.07) is 4.92. The minimum Gasteiger partial charge on any atom is -0.258 e. The van der Waals surface area contributed by atoms with Crippen LogP contribution >= 0.6 is 31.9 Å². The van der Waals surface area contributed by atoms with Crippen LogP contribution in [-0.2, 0) is 0 Å². The lowest BCUT2D eigenvalue weighted by atomic mass is 9.96. The number of nitrogens with zero attached hydrogens (tertiary/aromatic N) is 1. The van der Waals surface area contributed by atoms with Crippen molar-refractivity contribution in [1.29, 1.82) is 0 Å². The van der Waals surface area contributed by atoms with E-state index in [2.05, 4.69) is 45.7 Å². The van der Waals surface area contributed by atoms with E-state index in [4.69, 9.17) is 0 Å². The van der Waals surface area contributed by atoms with Crippen LogP contribution in [0.3, 0.4) is 0 Å². The summed E-state index contributed by atoms with van der Waals surface area (Å²) in [5.41, 5.74) is 1.21. The molecule has 0 fully saturated rings. The van der Waals surface area contributed by atoms with Crippen molar-refractivity contribution in [3.05, 3.63) is 38.3 Å². The fourth-order valence-electron chi connectivity index (χ4n) is 1.55. The largest absolute Gasteiger partial charge is 0.270 e. The summed E-state index contributed by atoms with van der Waals surface area (Å²) >= 11 is 6.99. The van der Waals surface area contributed by atoms with E-state index in [0.717, 1.165) is 16.5 Å². The first-order valence-corrected chi connectivity index (χ1v) is 6.76. The molecule has 1 aromatic carbocycles. The highest BCUT2D eigenvalue weighted by Crippen LogP contribution is 2.33. The maximum atomic E-state index is 10.6. The molecule has 0 amide bonds. The van der Waals surface area contributed by atoms with Crippen LogP contribution in [0.4, 0.5) is 5.69 Å². The smallest absolute Gasteiger partial charge is 0.258 e. The normalized spacial score (nSPS) is 14.5. The second kappa shape index (κ2) is 5.77. The van der Waals surface area contributed by atoms with Crippen molar-refractivity contribution in [2.75, 3.05) is 0 Å². The predicted molar refractivity (Wildman–Crippen MR) is 72.2 cm³/mol. The molecule has 16 heavy (non-hydrogen) atoms. The summed E-state index contributed by atoms with van der Waals surface area (Å²) in [5.74, 6) is 0.320. The number of rotatable bonds is 4. The van der Waals surface area contributed by atoms with E-state index >= 15 is 0 Å². The lowest BCUT2D eigenvalue weighted by Crippen LogP contribution is -2.08. The van der Waals surface area contributed by atoms with Crippen molar-refractivity contribution in [3.8, 4) is 0 Å². The van der Waals surface area contributed by atoms with E-state index in [1.807, 2.05) is 6.07 Å². The molecule has 0 spiro atoms. The van der Waals surface area contributed by atoms with E-state index < -0.39 is 0 Å². The van der Waals surface area contributed by atoms with Crippen molar-refractivity contribution in [3.63, 3.8) is 0 Å². The molecule has 5 heteroatoms. The van der Waals surface area contributed by atoms with Crippen LogP contribution < -0.4 is 0 Å². The molecule has 0 bridgehead atoms. The van der Waals surface area contributed by atoms with Gasteiger partial charge in [0.05, 0.1) is 4.92 Å². The van der Waals surface area contributed by atoms with Crippen LogP contribution in [-0.4, -0.2) is 9.75 Å². The Morgan fingerprint density at radius 2 is 2.12 bits per heavy atom. The second-order valence-corrected chi connectivity index (χ2v) is 5.71. The molecular weight excluding hydrogens is 338 g/mol. The van der Waals surface area contributed by atoms with Crippen LogP contribution in [0.1, 0.15) is 31.7 Å². The zero-order chi connectivity index (χ0) is 12.3. The highest BCUT2D eigenvalue weighted by Gasteiger charge is 2.18. The van der Waals surface area contributed by atoms with Crippen molar-refractivity contribution in [2.24, 2.45) is 0 Å². The number of hydrogen-bond acceptors (Lipinski definition) is 2. The van der Waals surface area contributed by atoms with Crippen molar-refractivity contribution in [1.82, 2.24) is 0 Å². The number of hydrogen-bond donors (Lipinski definition) is 0. The molecule has 3 nitrogen and oxygen atoms in total. The molecule has 0 aliphatic carbocycles. The number of non-ortho nitro benzene ring substituents is 1. The Hall–Kier alpha value is -0.420. The third-order valence-electron chi connectivity index (χ3n) is 2.62. The quantitative estimate of drug-likeness (QED) is 0.451. The molecule has 2 unspecified atom stereocenters. The summed E-state index contributed by atoms with van der Waals surface area (Å²) in [7, 11) is 0. The zero-order valence-electron chi connectivity index (χ0n) is 9.11. The first kappa shape index (κ1) is 13.6. The summed E-state index contributed by atoms with van der Waals surface area (Å²) in [5, 5.41) is 10.6. The predicted octanol–water partition coefficient (Wildman–Crippen LogP) is 4.63. The van der Waals surface area contributed by atoms with Gasteiger partial charge in [0.15, 0.2) is 0 Å². The first-order chi connectivity index (χ1) is 7.47. The molecule has 88 valence electrons. The van der Waals surface area contributed by atoms with Gasteiger partial charge >= 0.3 is 0 Å². The van der Waals surface area contributed by atoms with Gasteiger partial charge in [0.2, 0.25) is 0 Å². The molecule has 0 aromatic heterocycles. The van der Waals surface area contributed by atoms with Gasteiger partial charge in [0, 0.05) is 21.4 Å². The Morgan fingerprint density at radius 1 is 1.50 bits per heavy atom. The Labute approximate surface area is 112 Å². The third-order valence-corrected chi connectivity index (χ3v) is 4.75. The van der Waals surface area contributed by atoms with Gasteiger partial charge in [0.25, 0.3) is 5.69 Å². The van der Waals surface area contributed by atoms with Gasteiger partial charge in [0.1, 0.15) is 0 Å². The minimum atomic E-state index is -0.384. The Bertz CT molecular complexity index is 396. The molecule has 0 radical (unpaired) electrons. The van der Waals surface area contributed by atoms with Crippen LogP contribution in [0.15, 0.2) is 22.7 Å². The first-order valence-electron chi connectivity index (χ1n) is 5.05. The molecular formula is C11H13Br2NO2. The van der Waals surface area contributed by atoms with Crippen LogP contribution in [0, 0.1) is 10.1 Å². The SMILES string of the molecule is CCC(Br)C(C)c1ccc([N+](=O)[O-])cc1Br. The van der Waals surface area contributed by atoms with E-state index in [9.17, 15) is 10.1 Å². The van der Waals surface area contributed by atoms with Crippen molar-refractivity contribution >= 4 is 37.5 Å². The average molecular weight is 351 g/mol. The maximum absolute atomic E-state index is 10.6. The Kier molecular flexibility index (Phi) is 4.92. The van der Waals surface area contributed by atoms with E-state index in [1.165, 1.54) is 0 Å². The zero-order valence-corrected chi connectivity index (χ0v) is 12.3. The van der Waals surface area contributed by atoms with Gasteiger partial charge in [-0.25, -0.2) is 0 Å². The molecule has 0 heterocycles. The molecule has 0 aliphatic rings. The highest BCUT2D eigenvalue weighted by molar-refractivity contribution is 9.10. The van der Waals surface area contributed by atoms with Crippen molar-refractivity contribution in [2.45, 2.75) is 31.0 Å². The van der Waals surface area contributed by atoms with Crippen LogP contribution in [0.5, 0.6) is 0 Å². The van der Waals surface area contributed by atoms with E-state index in [0.29, 0.717) is 10.7 Å². The Balaban J connectivity index is 3.03. The number of benzene rings is 1. The van der Waals surface area contributed by atoms with Crippen LogP contribution in [0.2, 0.25) is 0 Å². The molecule has 0 aliphatic heterocycles. The molecule has 2 atom stereocenters. The molecule has 0 saturated heterocycles. The maximum Gasteiger partial charge on any atom is 0.270 e. The third kappa shape index (κ3) is 3.04. The molecule has 0 saturated carbocycles. The number of alkyl halides is 1. The van der Waals surface area contributed by atoms with Gasteiger partial charge in [-0.15, -0.1) is 0 Å². The van der Waals surface area contributed by atoms with Gasteiger partial charge in [-0.2, -0.15) is 0 Å². The van der Waals surface area contributed by atoms with Gasteiger partial charge < -0.3 is 0 Å². The van der Waals surface area contributed by atoms with Gasteiger partial charge in [-0.1, -0.05) is 51.8 Å². The summed E-state index contributed by atoms with van der Waals surface area (Å²) in [6.45, 7) is 4.21. The van der Waals surface area contributed by atoms with E-state index in [1.54, 1.807) is 12.1 Å². The monoisotopic (exact) mass is 349 g/mol. The molecule has 1 rings (SSSR count). The number of nitro benzene ring substituents is 1. The number of halogens is 2. The second-order valence-electron chi connectivity index (χ2n) is 3.68. The minimum absolute atomic E-state index is 0.116.